The molecular weight excluding hydrogens is 295 g/mol. The molecule has 0 aliphatic rings. The summed E-state index contributed by atoms with van der Waals surface area (Å²) in [4.78, 5) is 0. The van der Waals surface area contributed by atoms with Crippen molar-refractivity contribution in [2.24, 2.45) is 0 Å². The summed E-state index contributed by atoms with van der Waals surface area (Å²) in [6.07, 6.45) is 15.1. The summed E-state index contributed by atoms with van der Waals surface area (Å²) >= 11 is 0. The quantitative estimate of drug-likeness (QED) is 0.213. The smallest absolute Gasteiger partial charge is 0.309 e. The van der Waals surface area contributed by atoms with Crippen LogP contribution in [0.3, 0.4) is 0 Å². The lowest BCUT2D eigenvalue weighted by atomic mass is 10.1. The molecule has 0 amide bonds. The molecule has 0 aliphatic heterocycles. The van der Waals surface area contributed by atoms with Crippen molar-refractivity contribution in [2.75, 3.05) is 19.4 Å². The minimum absolute atomic E-state index is 0.476. The fourth-order valence-corrected chi connectivity index (χ4v) is 4.28. The summed E-state index contributed by atoms with van der Waals surface area (Å²) in [5, 5.41) is 0. The monoisotopic (exact) mass is 334 g/mol. The second-order valence-corrected chi connectivity index (χ2v) is 8.31. The SMILES string of the molecule is CCCCCCCCOP(=O)(CCCCCCCC)OCC. The zero-order chi connectivity index (χ0) is 16.5. The molecule has 4 heteroatoms. The summed E-state index contributed by atoms with van der Waals surface area (Å²) in [5.41, 5.74) is 0. The fourth-order valence-electron chi connectivity index (χ4n) is 2.53. The topological polar surface area (TPSA) is 35.5 Å². The van der Waals surface area contributed by atoms with Gasteiger partial charge >= 0.3 is 7.60 Å². The van der Waals surface area contributed by atoms with Gasteiger partial charge < -0.3 is 9.05 Å². The first-order valence-electron chi connectivity index (χ1n) is 9.56. The highest BCUT2D eigenvalue weighted by molar-refractivity contribution is 7.53. The van der Waals surface area contributed by atoms with Gasteiger partial charge in [0.1, 0.15) is 0 Å². The molecule has 0 aromatic rings. The van der Waals surface area contributed by atoms with Crippen molar-refractivity contribution >= 4 is 7.60 Å². The maximum Gasteiger partial charge on any atom is 0.330 e. The van der Waals surface area contributed by atoms with E-state index in [4.69, 9.17) is 9.05 Å². The van der Waals surface area contributed by atoms with E-state index in [0.717, 1.165) is 19.3 Å². The molecule has 0 bridgehead atoms. The van der Waals surface area contributed by atoms with Crippen LogP contribution in [-0.4, -0.2) is 19.4 Å². The third-order valence-electron chi connectivity index (χ3n) is 3.90. The van der Waals surface area contributed by atoms with Gasteiger partial charge in [-0.2, -0.15) is 0 Å². The summed E-state index contributed by atoms with van der Waals surface area (Å²) in [5.74, 6) is 0. The Morgan fingerprint density at radius 3 is 1.68 bits per heavy atom. The minimum atomic E-state index is -2.84. The molecule has 0 N–H and O–H groups in total. The molecule has 0 aromatic heterocycles. The van der Waals surface area contributed by atoms with Crippen LogP contribution in [0.1, 0.15) is 97.8 Å². The molecule has 1 unspecified atom stereocenters. The lowest BCUT2D eigenvalue weighted by Gasteiger charge is -2.17. The van der Waals surface area contributed by atoms with Gasteiger partial charge in [-0.15, -0.1) is 0 Å². The van der Waals surface area contributed by atoms with Gasteiger partial charge in [-0.1, -0.05) is 78.1 Å². The molecule has 0 aromatic carbocycles. The average Bonchev–Trinajstić information content (AvgIpc) is 2.50. The van der Waals surface area contributed by atoms with E-state index in [0.29, 0.717) is 19.4 Å². The van der Waals surface area contributed by atoms with Crippen molar-refractivity contribution in [2.45, 2.75) is 97.8 Å². The van der Waals surface area contributed by atoms with E-state index in [2.05, 4.69) is 13.8 Å². The van der Waals surface area contributed by atoms with Crippen LogP contribution in [0.2, 0.25) is 0 Å². The van der Waals surface area contributed by atoms with Crippen molar-refractivity contribution in [1.29, 1.82) is 0 Å². The zero-order valence-electron chi connectivity index (χ0n) is 15.3. The molecule has 0 heterocycles. The maximum absolute atomic E-state index is 12.6. The molecule has 134 valence electrons. The molecule has 1 atom stereocenters. The lowest BCUT2D eigenvalue weighted by Crippen LogP contribution is -2.02. The predicted octanol–water partition coefficient (Wildman–Crippen LogP) is 6.95. The Balaban J connectivity index is 3.73. The van der Waals surface area contributed by atoms with Gasteiger partial charge in [0.25, 0.3) is 0 Å². The number of rotatable bonds is 17. The van der Waals surface area contributed by atoms with Crippen molar-refractivity contribution < 1.29 is 13.6 Å². The van der Waals surface area contributed by atoms with Gasteiger partial charge in [0.05, 0.1) is 19.4 Å². The number of unbranched alkanes of at least 4 members (excludes halogenated alkanes) is 10. The molecule has 0 saturated carbocycles. The minimum Gasteiger partial charge on any atom is -0.309 e. The van der Waals surface area contributed by atoms with Crippen molar-refractivity contribution in [3.8, 4) is 0 Å². The molecule has 0 fully saturated rings. The van der Waals surface area contributed by atoms with Crippen LogP contribution in [0, 0.1) is 0 Å². The fraction of sp³-hybridized carbons (Fsp3) is 1.00. The van der Waals surface area contributed by atoms with E-state index >= 15 is 0 Å². The molecule has 0 saturated heterocycles. The average molecular weight is 334 g/mol. The second kappa shape index (κ2) is 16.0. The van der Waals surface area contributed by atoms with Crippen LogP contribution in [0.15, 0.2) is 0 Å². The van der Waals surface area contributed by atoms with E-state index < -0.39 is 7.60 Å². The highest BCUT2D eigenvalue weighted by Gasteiger charge is 2.22. The molecule has 3 nitrogen and oxygen atoms in total. The largest absolute Gasteiger partial charge is 0.330 e. The summed E-state index contributed by atoms with van der Waals surface area (Å²) in [6.45, 7) is 7.40. The Hall–Kier alpha value is 0.150. The van der Waals surface area contributed by atoms with Gasteiger partial charge in [-0.05, 0) is 19.8 Å². The Morgan fingerprint density at radius 1 is 0.636 bits per heavy atom. The van der Waals surface area contributed by atoms with Crippen molar-refractivity contribution in [3.63, 3.8) is 0 Å². The summed E-state index contributed by atoms with van der Waals surface area (Å²) in [7, 11) is -2.84. The van der Waals surface area contributed by atoms with Crippen LogP contribution >= 0.6 is 7.60 Å². The molecule has 0 radical (unpaired) electrons. The van der Waals surface area contributed by atoms with Crippen molar-refractivity contribution in [3.05, 3.63) is 0 Å². The van der Waals surface area contributed by atoms with Gasteiger partial charge in [-0.25, -0.2) is 0 Å². The normalized spacial score (nSPS) is 14.1. The van der Waals surface area contributed by atoms with Gasteiger partial charge in [0, 0.05) is 0 Å². The van der Waals surface area contributed by atoms with Gasteiger partial charge in [-0.3, -0.25) is 4.57 Å². The number of hydrogen-bond acceptors (Lipinski definition) is 3. The Bertz CT molecular complexity index is 269. The number of hydrogen-bond donors (Lipinski definition) is 0. The van der Waals surface area contributed by atoms with E-state index in [-0.39, 0.29) is 0 Å². The Labute approximate surface area is 139 Å². The highest BCUT2D eigenvalue weighted by atomic mass is 31.2. The van der Waals surface area contributed by atoms with E-state index in [1.807, 2.05) is 6.92 Å². The van der Waals surface area contributed by atoms with E-state index in [1.165, 1.54) is 57.8 Å². The first-order chi connectivity index (χ1) is 10.7. The zero-order valence-corrected chi connectivity index (χ0v) is 16.2. The van der Waals surface area contributed by atoms with Crippen molar-refractivity contribution in [1.82, 2.24) is 0 Å². The maximum atomic E-state index is 12.6. The van der Waals surface area contributed by atoms with Crippen LogP contribution in [0.4, 0.5) is 0 Å². The summed E-state index contributed by atoms with van der Waals surface area (Å²) < 4.78 is 23.7. The molecule has 0 rings (SSSR count). The van der Waals surface area contributed by atoms with E-state index in [1.54, 1.807) is 0 Å². The Morgan fingerprint density at radius 2 is 1.14 bits per heavy atom. The molecule has 0 spiro atoms. The van der Waals surface area contributed by atoms with Crippen LogP contribution in [0.5, 0.6) is 0 Å². The third kappa shape index (κ3) is 13.8. The van der Waals surface area contributed by atoms with Crippen LogP contribution in [0.25, 0.3) is 0 Å². The van der Waals surface area contributed by atoms with Gasteiger partial charge in [0.15, 0.2) is 0 Å². The second-order valence-electron chi connectivity index (χ2n) is 6.12. The van der Waals surface area contributed by atoms with E-state index in [9.17, 15) is 4.57 Å². The predicted molar refractivity (Wildman–Crippen MR) is 96.8 cm³/mol. The summed E-state index contributed by atoms with van der Waals surface area (Å²) in [6, 6.07) is 0. The van der Waals surface area contributed by atoms with Gasteiger partial charge in [0.2, 0.25) is 0 Å². The third-order valence-corrected chi connectivity index (χ3v) is 5.99. The standard InChI is InChI=1S/C18H39O3P/c1-4-7-9-11-13-15-17-21-22(19,20-6-3)18-16-14-12-10-8-5-2/h4-18H2,1-3H3. The molecule has 0 aliphatic carbocycles. The first-order valence-corrected chi connectivity index (χ1v) is 11.3. The molecule has 22 heavy (non-hydrogen) atoms. The molecular formula is C18H39O3P. The highest BCUT2D eigenvalue weighted by Crippen LogP contribution is 2.49. The lowest BCUT2D eigenvalue weighted by molar-refractivity contribution is 0.207. The van der Waals surface area contributed by atoms with Crippen LogP contribution in [-0.2, 0) is 13.6 Å². The van der Waals surface area contributed by atoms with Crippen LogP contribution < -0.4 is 0 Å². The Kier molecular flexibility index (Phi) is 16.1. The first kappa shape index (κ1) is 22.1.